The van der Waals surface area contributed by atoms with E-state index in [4.69, 9.17) is 4.52 Å². The Bertz CT molecular complexity index is 762. The Morgan fingerprint density at radius 3 is 2.45 bits per heavy atom. The quantitative estimate of drug-likeness (QED) is 0.735. The van der Waals surface area contributed by atoms with Crippen LogP contribution in [0.4, 0.5) is 13.2 Å². The molecule has 0 unspecified atom stereocenters. The number of halogens is 3. The molecule has 0 radical (unpaired) electrons. The van der Waals surface area contributed by atoms with Gasteiger partial charge in [0.25, 0.3) is 5.89 Å². The van der Waals surface area contributed by atoms with Crippen molar-refractivity contribution in [2.45, 2.75) is 0 Å². The van der Waals surface area contributed by atoms with Gasteiger partial charge < -0.3 is 9.63 Å². The average molecular weight is 298 g/mol. The van der Waals surface area contributed by atoms with Crippen LogP contribution in [-0.2, 0) is 0 Å². The van der Waals surface area contributed by atoms with Gasteiger partial charge in [0, 0.05) is 5.56 Å². The first-order valence-corrected chi connectivity index (χ1v) is 6.19. The van der Waals surface area contributed by atoms with Crippen molar-refractivity contribution in [2.24, 2.45) is 0 Å². The van der Waals surface area contributed by atoms with E-state index in [1.165, 1.54) is 17.4 Å². The van der Waals surface area contributed by atoms with E-state index in [9.17, 15) is 18.3 Å². The zero-order valence-electron chi connectivity index (χ0n) is 9.60. The molecule has 0 aliphatic rings. The second-order valence-electron chi connectivity index (χ2n) is 3.81. The molecule has 1 aromatic carbocycles. The summed E-state index contributed by atoms with van der Waals surface area (Å²) >= 11 is 1.17. The predicted molar refractivity (Wildman–Crippen MR) is 64.6 cm³/mol. The van der Waals surface area contributed by atoms with Gasteiger partial charge in [0.2, 0.25) is 5.82 Å². The number of rotatable bonds is 2. The third-order valence-corrected chi connectivity index (χ3v) is 3.40. The van der Waals surface area contributed by atoms with E-state index in [2.05, 4.69) is 10.1 Å². The fraction of sp³-hybridized carbons (Fsp3) is 0. The predicted octanol–water partition coefficient (Wildman–Crippen LogP) is 3.59. The van der Waals surface area contributed by atoms with Gasteiger partial charge >= 0.3 is 0 Å². The van der Waals surface area contributed by atoms with Crippen molar-refractivity contribution >= 4 is 11.3 Å². The molecule has 0 aliphatic heterocycles. The Balaban J connectivity index is 2.05. The molecule has 20 heavy (non-hydrogen) atoms. The maximum atomic E-state index is 13.1. The number of hydrogen-bond acceptors (Lipinski definition) is 5. The highest BCUT2D eigenvalue weighted by Gasteiger charge is 2.18. The van der Waals surface area contributed by atoms with Crippen LogP contribution < -0.4 is 0 Å². The molecule has 102 valence electrons. The van der Waals surface area contributed by atoms with Gasteiger partial charge in [-0.2, -0.15) is 4.98 Å². The lowest BCUT2D eigenvalue weighted by Crippen LogP contribution is -1.92. The minimum atomic E-state index is -1.56. The van der Waals surface area contributed by atoms with Crippen molar-refractivity contribution in [3.8, 4) is 27.9 Å². The largest absolute Gasteiger partial charge is 0.506 e. The minimum Gasteiger partial charge on any atom is -0.506 e. The standard InChI is InChI=1S/C12H5F3N2O2S/c13-6-3-5(4-7(14)9(6)15)11-16-12(19-17-11)10-8(18)1-2-20-10/h1-4,18H. The van der Waals surface area contributed by atoms with Crippen LogP contribution in [0.25, 0.3) is 22.2 Å². The highest BCUT2D eigenvalue weighted by molar-refractivity contribution is 7.13. The van der Waals surface area contributed by atoms with Crippen LogP contribution in [0, 0.1) is 17.5 Å². The van der Waals surface area contributed by atoms with E-state index >= 15 is 0 Å². The maximum Gasteiger partial charge on any atom is 0.272 e. The van der Waals surface area contributed by atoms with Gasteiger partial charge in [0.05, 0.1) is 0 Å². The van der Waals surface area contributed by atoms with Crippen LogP contribution >= 0.6 is 11.3 Å². The fourth-order valence-corrected chi connectivity index (χ4v) is 2.29. The first-order chi connectivity index (χ1) is 9.56. The Morgan fingerprint density at radius 1 is 1.15 bits per heavy atom. The highest BCUT2D eigenvalue weighted by atomic mass is 32.1. The lowest BCUT2D eigenvalue weighted by atomic mass is 10.2. The second-order valence-corrected chi connectivity index (χ2v) is 4.73. The molecule has 3 rings (SSSR count). The van der Waals surface area contributed by atoms with Crippen LogP contribution in [0.15, 0.2) is 28.1 Å². The summed E-state index contributed by atoms with van der Waals surface area (Å²) in [7, 11) is 0. The number of aromatic hydroxyl groups is 1. The first kappa shape index (κ1) is 12.7. The summed E-state index contributed by atoms with van der Waals surface area (Å²) in [5, 5.41) is 14.7. The summed E-state index contributed by atoms with van der Waals surface area (Å²) in [6.45, 7) is 0. The SMILES string of the molecule is Oc1ccsc1-c1nc(-c2cc(F)c(F)c(F)c2)no1. The summed E-state index contributed by atoms with van der Waals surface area (Å²) in [6, 6.07) is 2.98. The fourth-order valence-electron chi connectivity index (χ4n) is 1.58. The molecule has 4 nitrogen and oxygen atoms in total. The van der Waals surface area contributed by atoms with Gasteiger partial charge in [-0.05, 0) is 23.6 Å². The molecule has 0 amide bonds. The molecule has 0 fully saturated rings. The summed E-state index contributed by atoms with van der Waals surface area (Å²) in [4.78, 5) is 4.25. The zero-order chi connectivity index (χ0) is 14.3. The molecule has 0 atom stereocenters. The third-order valence-electron chi connectivity index (χ3n) is 2.51. The molecule has 2 aromatic heterocycles. The number of aromatic nitrogens is 2. The molecule has 0 saturated heterocycles. The summed E-state index contributed by atoms with van der Waals surface area (Å²) in [5.41, 5.74) is -0.0626. The van der Waals surface area contributed by atoms with Gasteiger partial charge in [-0.3, -0.25) is 0 Å². The summed E-state index contributed by atoms with van der Waals surface area (Å²) in [5.74, 6) is -4.38. The summed E-state index contributed by atoms with van der Waals surface area (Å²) in [6.07, 6.45) is 0. The van der Waals surface area contributed by atoms with Gasteiger partial charge in [-0.25, -0.2) is 13.2 Å². The van der Waals surface area contributed by atoms with E-state index in [0.717, 1.165) is 12.1 Å². The Labute approximate surface area is 114 Å². The lowest BCUT2D eigenvalue weighted by molar-refractivity contribution is 0.427. The van der Waals surface area contributed by atoms with Gasteiger partial charge in [0.15, 0.2) is 17.5 Å². The van der Waals surface area contributed by atoms with Crippen LogP contribution in [0.3, 0.4) is 0 Å². The van der Waals surface area contributed by atoms with Crippen molar-refractivity contribution in [1.29, 1.82) is 0 Å². The average Bonchev–Trinajstić information content (AvgIpc) is 3.03. The van der Waals surface area contributed by atoms with Crippen LogP contribution in [-0.4, -0.2) is 15.2 Å². The van der Waals surface area contributed by atoms with Gasteiger partial charge in [-0.15, -0.1) is 11.3 Å². The summed E-state index contributed by atoms with van der Waals surface area (Å²) < 4.78 is 44.0. The van der Waals surface area contributed by atoms with Crippen molar-refractivity contribution in [2.75, 3.05) is 0 Å². The number of hydrogen-bond donors (Lipinski definition) is 1. The number of benzene rings is 1. The van der Waals surface area contributed by atoms with E-state index < -0.39 is 17.5 Å². The maximum absolute atomic E-state index is 13.1. The molecule has 8 heteroatoms. The molecule has 3 aromatic rings. The lowest BCUT2D eigenvalue weighted by Gasteiger charge is -1.98. The smallest absolute Gasteiger partial charge is 0.272 e. The normalized spacial score (nSPS) is 10.9. The molecule has 0 aliphatic carbocycles. The van der Waals surface area contributed by atoms with Crippen molar-refractivity contribution in [3.63, 3.8) is 0 Å². The first-order valence-electron chi connectivity index (χ1n) is 5.31. The highest BCUT2D eigenvalue weighted by Crippen LogP contribution is 2.34. The molecule has 0 spiro atoms. The molecule has 0 bridgehead atoms. The second kappa shape index (κ2) is 4.64. The molecule has 0 saturated carbocycles. The molecule has 2 heterocycles. The van der Waals surface area contributed by atoms with Crippen LogP contribution in [0.2, 0.25) is 0 Å². The number of nitrogens with zero attached hydrogens (tertiary/aromatic N) is 2. The third kappa shape index (κ3) is 2.03. The molecule has 1 N–H and O–H groups in total. The zero-order valence-corrected chi connectivity index (χ0v) is 10.4. The Hall–Kier alpha value is -2.35. The van der Waals surface area contributed by atoms with Crippen LogP contribution in [0.5, 0.6) is 5.75 Å². The molecular formula is C12H5F3N2O2S. The monoisotopic (exact) mass is 298 g/mol. The Kier molecular flexibility index (Phi) is 2.94. The van der Waals surface area contributed by atoms with Crippen LogP contribution in [0.1, 0.15) is 0 Å². The van der Waals surface area contributed by atoms with E-state index in [-0.39, 0.29) is 23.0 Å². The van der Waals surface area contributed by atoms with Gasteiger partial charge in [0.1, 0.15) is 10.6 Å². The number of thiophene rings is 1. The van der Waals surface area contributed by atoms with E-state index in [0.29, 0.717) is 4.88 Å². The van der Waals surface area contributed by atoms with Crippen molar-refractivity contribution < 1.29 is 22.8 Å². The van der Waals surface area contributed by atoms with Crippen molar-refractivity contribution in [3.05, 3.63) is 41.0 Å². The van der Waals surface area contributed by atoms with Crippen molar-refractivity contribution in [1.82, 2.24) is 10.1 Å². The van der Waals surface area contributed by atoms with Gasteiger partial charge in [-0.1, -0.05) is 5.16 Å². The topological polar surface area (TPSA) is 59.2 Å². The Morgan fingerprint density at radius 2 is 1.85 bits per heavy atom. The minimum absolute atomic E-state index is 0.0117. The van der Waals surface area contributed by atoms with E-state index in [1.807, 2.05) is 0 Å². The molecular weight excluding hydrogens is 293 g/mol. The van der Waals surface area contributed by atoms with E-state index in [1.54, 1.807) is 5.38 Å².